The monoisotopic (exact) mass is 210 g/mol. The van der Waals surface area contributed by atoms with E-state index in [-0.39, 0.29) is 17.9 Å². The second-order valence-electron chi connectivity index (χ2n) is 3.85. The molecule has 0 saturated heterocycles. The third kappa shape index (κ3) is 3.40. The summed E-state index contributed by atoms with van der Waals surface area (Å²) >= 11 is 0. The Hall–Kier alpha value is -1.29. The van der Waals surface area contributed by atoms with Gasteiger partial charge in [0.05, 0.1) is 18.6 Å². The van der Waals surface area contributed by atoms with Crippen molar-refractivity contribution in [1.29, 1.82) is 0 Å². The molecule has 1 rings (SSSR count). The van der Waals surface area contributed by atoms with Gasteiger partial charge in [-0.2, -0.15) is 0 Å². The summed E-state index contributed by atoms with van der Waals surface area (Å²) in [7, 11) is 1.65. The molecule has 1 atom stereocenters. The van der Waals surface area contributed by atoms with Crippen molar-refractivity contribution in [3.8, 4) is 0 Å². The maximum atomic E-state index is 11.5. The number of carbonyl (C=O) groups excluding carboxylic acids is 1. The Kier molecular flexibility index (Phi) is 4.37. The first kappa shape index (κ1) is 11.8. The van der Waals surface area contributed by atoms with Gasteiger partial charge in [0.1, 0.15) is 0 Å². The summed E-state index contributed by atoms with van der Waals surface area (Å²) in [5, 5.41) is 5.85. The van der Waals surface area contributed by atoms with Gasteiger partial charge in [-0.05, 0) is 12.0 Å². The zero-order valence-corrected chi connectivity index (χ0v) is 9.41. The highest BCUT2D eigenvalue weighted by Gasteiger charge is 2.19. The van der Waals surface area contributed by atoms with Gasteiger partial charge in [0, 0.05) is 19.2 Å². The first-order valence-electron chi connectivity index (χ1n) is 5.11. The summed E-state index contributed by atoms with van der Waals surface area (Å²) in [6.07, 6.45) is 3.30. The molecule has 0 fully saturated rings. The number of hydrogen-bond acceptors (Lipinski definition) is 3. The van der Waals surface area contributed by atoms with Crippen LogP contribution in [0.5, 0.6) is 0 Å². The molecule has 2 N–H and O–H groups in total. The molecule has 1 amide bonds. The van der Waals surface area contributed by atoms with Crippen molar-refractivity contribution in [2.75, 3.05) is 7.05 Å². The minimum atomic E-state index is -0.162. The summed E-state index contributed by atoms with van der Waals surface area (Å²) in [4.78, 5) is 11.5. The number of hydrogen-bond donors (Lipinski definition) is 2. The summed E-state index contributed by atoms with van der Waals surface area (Å²) in [5.74, 6) is 0.283. The van der Waals surface area contributed by atoms with Gasteiger partial charge in [0.2, 0.25) is 5.91 Å². The van der Waals surface area contributed by atoms with Crippen molar-refractivity contribution in [2.24, 2.45) is 5.92 Å². The van der Waals surface area contributed by atoms with Gasteiger partial charge in [-0.25, -0.2) is 0 Å². The molecule has 84 valence electrons. The first-order chi connectivity index (χ1) is 7.15. The fourth-order valence-electron chi connectivity index (χ4n) is 1.41. The maximum Gasteiger partial charge on any atom is 0.237 e. The molecule has 4 heteroatoms. The predicted octanol–water partition coefficient (Wildman–Crippen LogP) is 1.14. The average Bonchev–Trinajstić information content (AvgIpc) is 2.70. The number of rotatable bonds is 5. The SMILES string of the molecule is CNC(=O)C(NCc1ccoc1)C(C)C. The second kappa shape index (κ2) is 5.56. The van der Waals surface area contributed by atoms with Crippen LogP contribution in [0.1, 0.15) is 19.4 Å². The lowest BCUT2D eigenvalue weighted by molar-refractivity contribution is -0.123. The van der Waals surface area contributed by atoms with Crippen LogP contribution in [-0.4, -0.2) is 19.0 Å². The van der Waals surface area contributed by atoms with E-state index in [4.69, 9.17) is 4.42 Å². The van der Waals surface area contributed by atoms with Crippen LogP contribution < -0.4 is 10.6 Å². The van der Waals surface area contributed by atoms with E-state index in [1.165, 1.54) is 0 Å². The van der Waals surface area contributed by atoms with Gasteiger partial charge in [-0.1, -0.05) is 13.8 Å². The average molecular weight is 210 g/mol. The minimum Gasteiger partial charge on any atom is -0.472 e. The van der Waals surface area contributed by atoms with Crippen LogP contribution in [0.4, 0.5) is 0 Å². The van der Waals surface area contributed by atoms with E-state index in [0.717, 1.165) is 5.56 Å². The van der Waals surface area contributed by atoms with E-state index in [0.29, 0.717) is 6.54 Å². The van der Waals surface area contributed by atoms with E-state index in [9.17, 15) is 4.79 Å². The number of carbonyl (C=O) groups is 1. The Morgan fingerprint density at radius 1 is 1.53 bits per heavy atom. The molecular weight excluding hydrogens is 192 g/mol. The molecule has 1 unspecified atom stereocenters. The normalized spacial score (nSPS) is 12.8. The van der Waals surface area contributed by atoms with Crippen LogP contribution in [0, 0.1) is 5.92 Å². The zero-order chi connectivity index (χ0) is 11.3. The molecule has 0 saturated carbocycles. The van der Waals surface area contributed by atoms with Crippen LogP contribution in [0.15, 0.2) is 23.0 Å². The lowest BCUT2D eigenvalue weighted by Crippen LogP contribution is -2.45. The van der Waals surface area contributed by atoms with Crippen LogP contribution in [0.3, 0.4) is 0 Å². The molecule has 0 bridgehead atoms. The molecule has 0 aromatic carbocycles. The van der Waals surface area contributed by atoms with E-state index in [1.807, 2.05) is 19.9 Å². The van der Waals surface area contributed by atoms with Gasteiger partial charge < -0.3 is 15.1 Å². The summed E-state index contributed by atoms with van der Waals surface area (Å²) in [5.41, 5.74) is 1.05. The van der Waals surface area contributed by atoms with Crippen molar-refractivity contribution in [3.63, 3.8) is 0 Å². The summed E-state index contributed by atoms with van der Waals surface area (Å²) in [6, 6.07) is 1.72. The Bertz CT molecular complexity index is 294. The molecular formula is C11H18N2O2. The number of furan rings is 1. The van der Waals surface area contributed by atoms with Gasteiger partial charge in [0.25, 0.3) is 0 Å². The van der Waals surface area contributed by atoms with Crippen LogP contribution >= 0.6 is 0 Å². The molecule has 0 aliphatic carbocycles. The molecule has 15 heavy (non-hydrogen) atoms. The highest BCUT2D eigenvalue weighted by atomic mass is 16.3. The molecule has 1 aromatic heterocycles. The standard InChI is InChI=1S/C11H18N2O2/c1-8(2)10(11(14)12-3)13-6-9-4-5-15-7-9/h4-5,7-8,10,13H,6H2,1-3H3,(H,12,14). The Morgan fingerprint density at radius 3 is 2.73 bits per heavy atom. The Balaban J connectivity index is 2.49. The molecule has 0 aliphatic heterocycles. The van der Waals surface area contributed by atoms with Crippen LogP contribution in [0.25, 0.3) is 0 Å². The highest BCUT2D eigenvalue weighted by Crippen LogP contribution is 2.05. The molecule has 1 aromatic rings. The van der Waals surface area contributed by atoms with Gasteiger partial charge in [-0.15, -0.1) is 0 Å². The van der Waals surface area contributed by atoms with E-state index >= 15 is 0 Å². The van der Waals surface area contributed by atoms with Crippen LogP contribution in [-0.2, 0) is 11.3 Å². The second-order valence-corrected chi connectivity index (χ2v) is 3.85. The largest absolute Gasteiger partial charge is 0.472 e. The van der Waals surface area contributed by atoms with Crippen molar-refractivity contribution < 1.29 is 9.21 Å². The highest BCUT2D eigenvalue weighted by molar-refractivity contribution is 5.81. The summed E-state index contributed by atoms with van der Waals surface area (Å²) < 4.78 is 4.95. The van der Waals surface area contributed by atoms with Crippen molar-refractivity contribution >= 4 is 5.91 Å². The number of amides is 1. The predicted molar refractivity (Wildman–Crippen MR) is 58.2 cm³/mol. The maximum absolute atomic E-state index is 11.5. The van der Waals surface area contributed by atoms with E-state index in [1.54, 1.807) is 19.6 Å². The van der Waals surface area contributed by atoms with Crippen molar-refractivity contribution in [3.05, 3.63) is 24.2 Å². The fraction of sp³-hybridized carbons (Fsp3) is 0.545. The fourth-order valence-corrected chi connectivity index (χ4v) is 1.41. The number of nitrogens with one attached hydrogen (secondary N) is 2. The van der Waals surface area contributed by atoms with Gasteiger partial charge in [-0.3, -0.25) is 4.79 Å². The van der Waals surface area contributed by atoms with Gasteiger partial charge >= 0.3 is 0 Å². The Morgan fingerprint density at radius 2 is 2.27 bits per heavy atom. The third-order valence-corrected chi connectivity index (χ3v) is 2.30. The summed E-state index contributed by atoms with van der Waals surface area (Å²) in [6.45, 7) is 4.68. The molecule has 4 nitrogen and oxygen atoms in total. The Labute approximate surface area is 90.0 Å². The van der Waals surface area contributed by atoms with Crippen molar-refractivity contribution in [1.82, 2.24) is 10.6 Å². The molecule has 0 spiro atoms. The topological polar surface area (TPSA) is 54.3 Å². The zero-order valence-electron chi connectivity index (χ0n) is 9.41. The first-order valence-corrected chi connectivity index (χ1v) is 5.11. The van der Waals surface area contributed by atoms with Crippen molar-refractivity contribution in [2.45, 2.75) is 26.4 Å². The van der Waals surface area contributed by atoms with E-state index in [2.05, 4.69) is 10.6 Å². The van der Waals surface area contributed by atoms with E-state index < -0.39 is 0 Å². The molecule has 0 aliphatic rings. The molecule has 0 radical (unpaired) electrons. The lowest BCUT2D eigenvalue weighted by Gasteiger charge is -2.20. The van der Waals surface area contributed by atoms with Crippen LogP contribution in [0.2, 0.25) is 0 Å². The third-order valence-electron chi connectivity index (χ3n) is 2.30. The minimum absolute atomic E-state index is 0.0218. The van der Waals surface area contributed by atoms with Gasteiger partial charge in [0.15, 0.2) is 0 Å². The smallest absolute Gasteiger partial charge is 0.237 e. The lowest BCUT2D eigenvalue weighted by atomic mass is 10.0. The quantitative estimate of drug-likeness (QED) is 0.766. The molecule has 1 heterocycles. The number of likely N-dealkylation sites (N-methyl/N-ethyl adjacent to an activating group) is 1.